The quantitative estimate of drug-likeness (QED) is 0.426. The van der Waals surface area contributed by atoms with Gasteiger partial charge in [0.1, 0.15) is 0 Å². The van der Waals surface area contributed by atoms with E-state index in [1.807, 2.05) is 24.3 Å². The van der Waals surface area contributed by atoms with Crippen molar-refractivity contribution >= 4 is 11.4 Å². The molecule has 14 heavy (non-hydrogen) atoms. The first-order chi connectivity index (χ1) is 6.74. The summed E-state index contributed by atoms with van der Waals surface area (Å²) in [7, 11) is 0. The van der Waals surface area contributed by atoms with Gasteiger partial charge in [-0.3, -0.25) is 0 Å². The Labute approximate surface area is 85.6 Å². The van der Waals surface area contributed by atoms with Gasteiger partial charge in [0.15, 0.2) is 0 Å². The Balaban J connectivity index is 2.46. The van der Waals surface area contributed by atoms with E-state index in [-0.39, 0.29) is 0 Å². The van der Waals surface area contributed by atoms with E-state index in [4.69, 9.17) is 11.5 Å². The highest BCUT2D eigenvalue weighted by atomic mass is 14.6. The third-order valence-electron chi connectivity index (χ3n) is 2.27. The molecule has 0 aliphatic carbocycles. The van der Waals surface area contributed by atoms with Crippen molar-refractivity contribution in [1.29, 1.82) is 0 Å². The molecule has 2 heteroatoms. The van der Waals surface area contributed by atoms with E-state index in [0.717, 1.165) is 30.6 Å². The lowest BCUT2D eigenvalue weighted by atomic mass is 10.0. The van der Waals surface area contributed by atoms with Gasteiger partial charge in [0.25, 0.3) is 0 Å². The molecule has 0 unspecified atom stereocenters. The molecule has 0 saturated carbocycles. The monoisotopic (exact) mass is 190 g/mol. The molecular weight excluding hydrogens is 172 g/mol. The topological polar surface area (TPSA) is 52.0 Å². The standard InChI is InChI=1S/C12H18N2/c1-2-3-4-5-6-10-7-8-11(13)9-12(10)14/h2,7-9H,1,3-6,13-14H2. The van der Waals surface area contributed by atoms with Crippen molar-refractivity contribution in [2.75, 3.05) is 11.5 Å². The number of anilines is 2. The van der Waals surface area contributed by atoms with Gasteiger partial charge in [0.05, 0.1) is 0 Å². The first kappa shape index (κ1) is 10.6. The molecule has 0 aliphatic rings. The molecule has 0 bridgehead atoms. The number of allylic oxidation sites excluding steroid dienone is 1. The number of unbranched alkanes of at least 4 members (excludes halogenated alkanes) is 2. The Morgan fingerprint density at radius 3 is 2.64 bits per heavy atom. The van der Waals surface area contributed by atoms with Crippen LogP contribution in [0.25, 0.3) is 0 Å². The first-order valence-corrected chi connectivity index (χ1v) is 4.99. The maximum atomic E-state index is 5.84. The van der Waals surface area contributed by atoms with Crippen LogP contribution in [0.5, 0.6) is 0 Å². The van der Waals surface area contributed by atoms with Crippen LogP contribution in [-0.2, 0) is 6.42 Å². The minimum absolute atomic E-state index is 0.734. The van der Waals surface area contributed by atoms with Crippen molar-refractivity contribution in [2.45, 2.75) is 25.7 Å². The number of nitrogens with two attached hydrogens (primary N) is 2. The van der Waals surface area contributed by atoms with Crippen molar-refractivity contribution < 1.29 is 0 Å². The molecule has 0 fully saturated rings. The van der Waals surface area contributed by atoms with Crippen LogP contribution in [0.1, 0.15) is 24.8 Å². The molecule has 4 N–H and O–H groups in total. The van der Waals surface area contributed by atoms with Gasteiger partial charge < -0.3 is 11.5 Å². The van der Waals surface area contributed by atoms with Gasteiger partial charge in [0.2, 0.25) is 0 Å². The third-order valence-corrected chi connectivity index (χ3v) is 2.27. The highest BCUT2D eigenvalue weighted by molar-refractivity contribution is 5.56. The normalized spacial score (nSPS) is 10.0. The average Bonchev–Trinajstić information content (AvgIpc) is 2.15. The summed E-state index contributed by atoms with van der Waals surface area (Å²) >= 11 is 0. The van der Waals surface area contributed by atoms with Crippen LogP contribution >= 0.6 is 0 Å². The van der Waals surface area contributed by atoms with Crippen LogP contribution < -0.4 is 11.5 Å². The number of hydrogen-bond acceptors (Lipinski definition) is 2. The second-order valence-corrected chi connectivity index (χ2v) is 3.49. The fraction of sp³-hybridized carbons (Fsp3) is 0.333. The molecule has 0 saturated heterocycles. The minimum atomic E-state index is 0.734. The van der Waals surface area contributed by atoms with Gasteiger partial charge >= 0.3 is 0 Å². The van der Waals surface area contributed by atoms with Gasteiger partial charge in [-0.25, -0.2) is 0 Å². The van der Waals surface area contributed by atoms with Gasteiger partial charge in [-0.15, -0.1) is 6.58 Å². The summed E-state index contributed by atoms with van der Waals surface area (Å²) in [6.45, 7) is 3.69. The molecule has 0 aliphatic heterocycles. The molecule has 0 spiro atoms. The molecule has 0 aromatic heterocycles. The summed E-state index contributed by atoms with van der Waals surface area (Å²) in [5.74, 6) is 0. The highest BCUT2D eigenvalue weighted by Crippen LogP contribution is 2.18. The Kier molecular flexibility index (Phi) is 4.05. The van der Waals surface area contributed by atoms with E-state index in [1.54, 1.807) is 0 Å². The van der Waals surface area contributed by atoms with E-state index in [2.05, 4.69) is 6.58 Å². The van der Waals surface area contributed by atoms with Gasteiger partial charge in [-0.05, 0) is 43.4 Å². The molecular formula is C12H18N2. The van der Waals surface area contributed by atoms with Crippen molar-refractivity contribution in [2.24, 2.45) is 0 Å². The van der Waals surface area contributed by atoms with Gasteiger partial charge in [-0.1, -0.05) is 12.1 Å². The zero-order chi connectivity index (χ0) is 10.4. The molecule has 1 rings (SSSR count). The van der Waals surface area contributed by atoms with E-state index in [1.165, 1.54) is 12.0 Å². The minimum Gasteiger partial charge on any atom is -0.399 e. The molecule has 0 heterocycles. The lowest BCUT2D eigenvalue weighted by Gasteiger charge is -2.05. The van der Waals surface area contributed by atoms with E-state index < -0.39 is 0 Å². The maximum Gasteiger partial charge on any atom is 0.0367 e. The summed E-state index contributed by atoms with van der Waals surface area (Å²) in [6, 6.07) is 5.74. The lowest BCUT2D eigenvalue weighted by Crippen LogP contribution is -1.96. The molecule has 1 aromatic carbocycles. The van der Waals surface area contributed by atoms with Crippen molar-refractivity contribution in [3.05, 3.63) is 36.4 Å². The largest absolute Gasteiger partial charge is 0.399 e. The zero-order valence-electron chi connectivity index (χ0n) is 8.50. The van der Waals surface area contributed by atoms with Crippen LogP contribution in [0, 0.1) is 0 Å². The summed E-state index contributed by atoms with van der Waals surface area (Å²) in [5.41, 5.74) is 14.2. The lowest BCUT2D eigenvalue weighted by molar-refractivity contribution is 0.749. The molecule has 0 atom stereocenters. The SMILES string of the molecule is C=CCCCCc1ccc(N)cc1N. The van der Waals surface area contributed by atoms with Crippen molar-refractivity contribution in [3.63, 3.8) is 0 Å². The summed E-state index contributed by atoms with van der Waals surface area (Å²) < 4.78 is 0. The van der Waals surface area contributed by atoms with Crippen LogP contribution in [0.3, 0.4) is 0 Å². The van der Waals surface area contributed by atoms with Crippen LogP contribution in [0.4, 0.5) is 11.4 Å². The molecule has 2 nitrogen and oxygen atoms in total. The number of nitrogen functional groups attached to an aromatic ring is 2. The molecule has 0 radical (unpaired) electrons. The Morgan fingerprint density at radius 2 is 2.00 bits per heavy atom. The van der Waals surface area contributed by atoms with Crippen LogP contribution in [-0.4, -0.2) is 0 Å². The van der Waals surface area contributed by atoms with E-state index in [9.17, 15) is 0 Å². The Hall–Kier alpha value is -1.44. The number of benzene rings is 1. The van der Waals surface area contributed by atoms with Gasteiger partial charge in [-0.2, -0.15) is 0 Å². The third kappa shape index (κ3) is 3.13. The predicted molar refractivity (Wildman–Crippen MR) is 63.0 cm³/mol. The number of rotatable bonds is 5. The fourth-order valence-electron chi connectivity index (χ4n) is 1.45. The Bertz CT molecular complexity index is 305. The fourth-order valence-corrected chi connectivity index (χ4v) is 1.45. The predicted octanol–water partition coefficient (Wildman–Crippen LogP) is 2.75. The highest BCUT2D eigenvalue weighted by Gasteiger charge is 1.98. The average molecular weight is 190 g/mol. The van der Waals surface area contributed by atoms with Crippen LogP contribution in [0.15, 0.2) is 30.9 Å². The number of aryl methyl sites for hydroxylation is 1. The van der Waals surface area contributed by atoms with E-state index >= 15 is 0 Å². The van der Waals surface area contributed by atoms with E-state index in [0.29, 0.717) is 0 Å². The Morgan fingerprint density at radius 1 is 1.21 bits per heavy atom. The van der Waals surface area contributed by atoms with Crippen molar-refractivity contribution in [3.8, 4) is 0 Å². The summed E-state index contributed by atoms with van der Waals surface area (Å²) in [5, 5.41) is 0. The summed E-state index contributed by atoms with van der Waals surface area (Å²) in [4.78, 5) is 0. The molecule has 76 valence electrons. The second kappa shape index (κ2) is 5.32. The molecule has 0 amide bonds. The van der Waals surface area contributed by atoms with Crippen LogP contribution in [0.2, 0.25) is 0 Å². The molecule has 1 aromatic rings. The zero-order valence-corrected chi connectivity index (χ0v) is 8.50. The summed E-state index contributed by atoms with van der Waals surface area (Å²) in [6.07, 6.45) is 6.38. The number of hydrogen-bond donors (Lipinski definition) is 2. The smallest absolute Gasteiger partial charge is 0.0367 e. The second-order valence-electron chi connectivity index (χ2n) is 3.49. The van der Waals surface area contributed by atoms with Crippen molar-refractivity contribution in [1.82, 2.24) is 0 Å². The van der Waals surface area contributed by atoms with Gasteiger partial charge in [0, 0.05) is 11.4 Å². The first-order valence-electron chi connectivity index (χ1n) is 4.99. The maximum absolute atomic E-state index is 5.84.